The minimum atomic E-state index is -3.18. The number of alkyl halides is 2. The first-order valence-electron chi connectivity index (χ1n) is 5.31. The van der Waals surface area contributed by atoms with E-state index < -0.39 is 17.3 Å². The van der Waals surface area contributed by atoms with Gasteiger partial charge in [-0.3, -0.25) is 0 Å². The largest absolute Gasteiger partial charge is 0.493 e. The van der Waals surface area contributed by atoms with E-state index in [-0.39, 0.29) is 22.9 Å². The van der Waals surface area contributed by atoms with Gasteiger partial charge in [-0.25, -0.2) is 13.2 Å². The fourth-order valence-corrected chi connectivity index (χ4v) is 1.66. The Morgan fingerprint density at radius 2 is 2.00 bits per heavy atom. The van der Waals surface area contributed by atoms with Gasteiger partial charge in [0.15, 0.2) is 11.6 Å². The number of halogens is 3. The van der Waals surface area contributed by atoms with Crippen molar-refractivity contribution in [3.05, 3.63) is 29.6 Å². The molecule has 1 aromatic carbocycles. The molecule has 1 heterocycles. The van der Waals surface area contributed by atoms with Crippen molar-refractivity contribution in [3.63, 3.8) is 0 Å². The van der Waals surface area contributed by atoms with Crippen LogP contribution in [0.3, 0.4) is 0 Å². The summed E-state index contributed by atoms with van der Waals surface area (Å²) in [5.41, 5.74) is 5.05. The summed E-state index contributed by atoms with van der Waals surface area (Å²) in [7, 11) is 1.23. The molecule has 0 aliphatic heterocycles. The molecule has 2 N–H and O–H groups in total. The molecule has 0 saturated heterocycles. The maximum absolute atomic E-state index is 13.8. The van der Waals surface area contributed by atoms with E-state index >= 15 is 0 Å². The van der Waals surface area contributed by atoms with Crippen molar-refractivity contribution in [2.75, 3.05) is 12.8 Å². The van der Waals surface area contributed by atoms with Crippen molar-refractivity contribution in [1.82, 2.24) is 5.16 Å². The molecule has 0 unspecified atom stereocenters. The zero-order valence-corrected chi connectivity index (χ0v) is 10.2. The summed E-state index contributed by atoms with van der Waals surface area (Å²) in [6.45, 7) is 0.676. The Balaban J connectivity index is 2.66. The van der Waals surface area contributed by atoms with Gasteiger partial charge in [0.1, 0.15) is 5.69 Å². The predicted molar refractivity (Wildman–Crippen MR) is 62.4 cm³/mol. The number of nitrogens with zero attached hydrogens (tertiary/aromatic N) is 1. The summed E-state index contributed by atoms with van der Waals surface area (Å²) in [5, 5.41) is 3.57. The fraction of sp³-hybridized carbons (Fsp3) is 0.250. The molecule has 0 saturated carbocycles. The quantitative estimate of drug-likeness (QED) is 0.932. The topological polar surface area (TPSA) is 61.3 Å². The normalized spacial score (nSPS) is 11.6. The second kappa shape index (κ2) is 4.49. The Labute approximate surface area is 106 Å². The van der Waals surface area contributed by atoms with Crippen LogP contribution in [0.5, 0.6) is 5.75 Å². The van der Waals surface area contributed by atoms with Gasteiger partial charge in [0.05, 0.1) is 7.11 Å². The number of methoxy groups -OCH3 is 1. The molecule has 1 aromatic heterocycles. The molecule has 0 radical (unpaired) electrons. The number of anilines is 1. The molecule has 2 rings (SSSR count). The van der Waals surface area contributed by atoms with Crippen molar-refractivity contribution < 1.29 is 22.4 Å². The van der Waals surface area contributed by atoms with Crippen LogP contribution in [0.1, 0.15) is 12.5 Å². The van der Waals surface area contributed by atoms with Crippen LogP contribution in [0.15, 0.2) is 22.7 Å². The van der Waals surface area contributed by atoms with Crippen LogP contribution in [0.2, 0.25) is 0 Å². The molecule has 7 heteroatoms. The molecule has 2 aromatic rings. The summed E-state index contributed by atoms with van der Waals surface area (Å²) in [4.78, 5) is 0. The minimum Gasteiger partial charge on any atom is -0.493 e. The molecular weight excluding hydrogens is 261 g/mol. The number of nitrogens with two attached hydrogens (primary N) is 1. The Morgan fingerprint density at radius 1 is 1.32 bits per heavy atom. The van der Waals surface area contributed by atoms with Crippen LogP contribution in [0, 0.1) is 5.82 Å². The highest BCUT2D eigenvalue weighted by molar-refractivity contribution is 5.70. The Bertz CT molecular complexity index is 606. The number of hydrogen-bond acceptors (Lipinski definition) is 4. The SMILES string of the molecule is COc1c(F)cc(C(C)(F)F)cc1-c1cc(N)on1. The average molecular weight is 272 g/mol. The summed E-state index contributed by atoms with van der Waals surface area (Å²) in [5.74, 6) is -4.29. The third-order valence-corrected chi connectivity index (χ3v) is 2.56. The van der Waals surface area contributed by atoms with Crippen molar-refractivity contribution >= 4 is 5.88 Å². The van der Waals surface area contributed by atoms with Crippen molar-refractivity contribution in [3.8, 4) is 17.0 Å². The Morgan fingerprint density at radius 3 is 2.47 bits per heavy atom. The molecule has 0 aliphatic carbocycles. The lowest BCUT2D eigenvalue weighted by atomic mass is 10.0. The number of rotatable bonds is 3. The van der Waals surface area contributed by atoms with Gasteiger partial charge in [0, 0.05) is 24.1 Å². The summed E-state index contributed by atoms with van der Waals surface area (Å²) in [6, 6.07) is 3.12. The summed E-state index contributed by atoms with van der Waals surface area (Å²) >= 11 is 0. The third kappa shape index (κ3) is 2.49. The van der Waals surface area contributed by atoms with E-state index in [1.165, 1.54) is 13.2 Å². The third-order valence-electron chi connectivity index (χ3n) is 2.56. The van der Waals surface area contributed by atoms with E-state index in [0.29, 0.717) is 6.92 Å². The predicted octanol–water partition coefficient (Wildman–Crippen LogP) is 3.18. The van der Waals surface area contributed by atoms with E-state index in [1.807, 2.05) is 0 Å². The van der Waals surface area contributed by atoms with Gasteiger partial charge >= 0.3 is 0 Å². The zero-order valence-electron chi connectivity index (χ0n) is 10.2. The Kier molecular flexibility index (Phi) is 3.13. The number of hydrogen-bond donors (Lipinski definition) is 1. The van der Waals surface area contributed by atoms with E-state index in [2.05, 4.69) is 9.68 Å². The summed E-state index contributed by atoms with van der Waals surface area (Å²) < 4.78 is 49.9. The van der Waals surface area contributed by atoms with E-state index in [9.17, 15) is 13.2 Å². The first kappa shape index (κ1) is 13.3. The summed E-state index contributed by atoms with van der Waals surface area (Å²) in [6.07, 6.45) is 0. The lowest BCUT2D eigenvalue weighted by Crippen LogP contribution is -2.08. The average Bonchev–Trinajstić information content (AvgIpc) is 2.73. The highest BCUT2D eigenvalue weighted by atomic mass is 19.3. The maximum Gasteiger partial charge on any atom is 0.270 e. The van der Waals surface area contributed by atoms with Crippen LogP contribution >= 0.6 is 0 Å². The van der Waals surface area contributed by atoms with Crippen molar-refractivity contribution in [2.24, 2.45) is 0 Å². The van der Waals surface area contributed by atoms with Crippen LogP contribution in [-0.4, -0.2) is 12.3 Å². The highest BCUT2D eigenvalue weighted by Crippen LogP contribution is 2.38. The van der Waals surface area contributed by atoms with Crippen LogP contribution in [-0.2, 0) is 5.92 Å². The Hall–Kier alpha value is -2.18. The van der Waals surface area contributed by atoms with Gasteiger partial charge in [-0.05, 0) is 12.1 Å². The smallest absolute Gasteiger partial charge is 0.270 e. The minimum absolute atomic E-state index is 0.00822. The van der Waals surface area contributed by atoms with Crippen LogP contribution < -0.4 is 10.5 Å². The first-order chi connectivity index (χ1) is 8.82. The second-order valence-electron chi connectivity index (χ2n) is 4.04. The molecule has 0 amide bonds. The number of benzene rings is 1. The van der Waals surface area contributed by atoms with Gasteiger partial charge in [-0.15, -0.1) is 0 Å². The lowest BCUT2D eigenvalue weighted by molar-refractivity contribution is 0.0171. The van der Waals surface area contributed by atoms with Gasteiger partial charge in [-0.1, -0.05) is 5.16 Å². The molecule has 0 fully saturated rings. The molecular formula is C12H11F3N2O2. The molecule has 102 valence electrons. The van der Waals surface area contributed by atoms with Gasteiger partial charge in [-0.2, -0.15) is 0 Å². The standard InChI is InChI=1S/C12H11F3N2O2/c1-12(14,15)6-3-7(9-5-10(16)19-17-9)11(18-2)8(13)4-6/h3-5H,16H2,1-2H3. The maximum atomic E-state index is 13.8. The fourth-order valence-electron chi connectivity index (χ4n) is 1.66. The monoisotopic (exact) mass is 272 g/mol. The molecule has 4 nitrogen and oxygen atoms in total. The molecule has 19 heavy (non-hydrogen) atoms. The second-order valence-corrected chi connectivity index (χ2v) is 4.04. The first-order valence-corrected chi connectivity index (χ1v) is 5.31. The molecule has 0 atom stereocenters. The molecule has 0 bridgehead atoms. The van der Waals surface area contributed by atoms with E-state index in [1.54, 1.807) is 0 Å². The van der Waals surface area contributed by atoms with Gasteiger partial charge in [0.2, 0.25) is 5.88 Å². The van der Waals surface area contributed by atoms with Gasteiger partial charge in [0.25, 0.3) is 5.92 Å². The van der Waals surface area contributed by atoms with E-state index in [0.717, 1.165) is 12.1 Å². The highest BCUT2D eigenvalue weighted by Gasteiger charge is 2.28. The number of aromatic nitrogens is 1. The van der Waals surface area contributed by atoms with Crippen LogP contribution in [0.4, 0.5) is 19.1 Å². The van der Waals surface area contributed by atoms with Gasteiger partial charge < -0.3 is 15.0 Å². The zero-order chi connectivity index (χ0) is 14.2. The molecule has 0 spiro atoms. The number of nitrogen functional groups attached to an aromatic ring is 1. The van der Waals surface area contributed by atoms with Crippen molar-refractivity contribution in [2.45, 2.75) is 12.8 Å². The van der Waals surface area contributed by atoms with Crippen molar-refractivity contribution in [1.29, 1.82) is 0 Å². The number of ether oxygens (including phenoxy) is 1. The van der Waals surface area contributed by atoms with E-state index in [4.69, 9.17) is 10.5 Å². The lowest BCUT2D eigenvalue weighted by Gasteiger charge is -2.14. The molecule has 0 aliphatic rings. The van der Waals surface area contributed by atoms with Crippen LogP contribution in [0.25, 0.3) is 11.3 Å².